The van der Waals surface area contributed by atoms with Crippen molar-refractivity contribution in [1.82, 2.24) is 0 Å². The summed E-state index contributed by atoms with van der Waals surface area (Å²) in [6.07, 6.45) is 5.09. The number of hydrazone groups is 1. The Morgan fingerprint density at radius 2 is 2.17 bits per heavy atom. The second-order valence-electron chi connectivity index (χ2n) is 2.96. The predicted molar refractivity (Wildman–Crippen MR) is 46.4 cm³/mol. The molecule has 6 heteroatoms. The third-order valence-electron chi connectivity index (χ3n) is 1.89. The van der Waals surface area contributed by atoms with E-state index in [1.54, 1.807) is 10.9 Å². The Kier molecular flexibility index (Phi) is 1.73. The van der Waals surface area contributed by atoms with Crippen LogP contribution in [0.25, 0.3) is 0 Å². The molecule has 0 spiro atoms. The van der Waals surface area contributed by atoms with E-state index in [9.17, 15) is 8.42 Å². The molecule has 0 amide bonds. The highest BCUT2D eigenvalue weighted by Gasteiger charge is 2.39. The van der Waals surface area contributed by atoms with E-state index < -0.39 is 14.3 Å². The Labute approximate surface area is 75.0 Å². The highest BCUT2D eigenvalue weighted by Crippen LogP contribution is 2.25. The molecule has 1 unspecified atom stereocenters. The fourth-order valence-electron chi connectivity index (χ4n) is 1.07. The summed E-state index contributed by atoms with van der Waals surface area (Å²) in [5, 5.41) is 3.20. The van der Waals surface area contributed by atoms with E-state index in [1.807, 2.05) is 0 Å². The van der Waals surface area contributed by atoms with Gasteiger partial charge in [0.25, 0.3) is 9.05 Å². The molecule has 12 heavy (non-hydrogen) atoms. The van der Waals surface area contributed by atoms with Crippen molar-refractivity contribution in [1.29, 1.82) is 0 Å². The van der Waals surface area contributed by atoms with Gasteiger partial charge >= 0.3 is 0 Å². The summed E-state index contributed by atoms with van der Waals surface area (Å²) in [6, 6.07) is 0.407. The molecule has 1 aliphatic heterocycles. The maximum atomic E-state index is 10.8. The number of hydrogen-bond donors (Lipinski definition) is 0. The average molecular weight is 208 g/mol. The van der Waals surface area contributed by atoms with Crippen LogP contribution in [0.15, 0.2) is 5.10 Å². The van der Waals surface area contributed by atoms with Gasteiger partial charge in [0.1, 0.15) is 6.21 Å². The molecule has 66 valence electrons. The van der Waals surface area contributed by atoms with Gasteiger partial charge in [-0.2, -0.15) is 0 Å². The van der Waals surface area contributed by atoms with Gasteiger partial charge in [-0.15, -0.1) is 0 Å². The van der Waals surface area contributed by atoms with Crippen molar-refractivity contribution in [2.75, 3.05) is 0 Å². The van der Waals surface area contributed by atoms with Crippen LogP contribution in [-0.4, -0.2) is 36.8 Å². The number of hydrogen-bond acceptors (Lipinski definition) is 3. The minimum absolute atomic E-state index is 0.407. The first kappa shape index (κ1) is 8.19. The van der Waals surface area contributed by atoms with Gasteiger partial charge in [0, 0.05) is 23.5 Å². The van der Waals surface area contributed by atoms with Crippen molar-refractivity contribution < 1.29 is 13.1 Å². The van der Waals surface area contributed by atoms with Crippen molar-refractivity contribution >= 4 is 32.2 Å². The van der Waals surface area contributed by atoms with E-state index in [-0.39, 0.29) is 0 Å². The van der Waals surface area contributed by atoms with E-state index in [0.717, 1.165) is 12.8 Å². The van der Waals surface area contributed by atoms with E-state index in [0.29, 0.717) is 6.04 Å². The van der Waals surface area contributed by atoms with Gasteiger partial charge in [-0.05, 0) is 5.10 Å². The summed E-state index contributed by atoms with van der Waals surface area (Å²) in [4.78, 5) is 0. The zero-order chi connectivity index (χ0) is 8.77. The molecule has 0 bridgehead atoms. The Morgan fingerprint density at radius 1 is 1.50 bits per heavy atom. The molecule has 0 aromatic carbocycles. The van der Waals surface area contributed by atoms with Crippen molar-refractivity contribution in [3.05, 3.63) is 0 Å². The predicted octanol–water partition coefficient (Wildman–Crippen LogP) is 0.169. The van der Waals surface area contributed by atoms with Crippen LogP contribution >= 0.6 is 10.7 Å². The molecule has 1 saturated carbocycles. The van der Waals surface area contributed by atoms with Gasteiger partial charge < -0.3 is 0 Å². The lowest BCUT2D eigenvalue weighted by Crippen LogP contribution is -2.19. The first-order chi connectivity index (χ1) is 5.57. The van der Waals surface area contributed by atoms with E-state index in [4.69, 9.17) is 10.7 Å². The fraction of sp³-hybridized carbons (Fsp3) is 0.667. The van der Waals surface area contributed by atoms with Crippen molar-refractivity contribution in [2.24, 2.45) is 5.10 Å². The Morgan fingerprint density at radius 3 is 2.58 bits per heavy atom. The van der Waals surface area contributed by atoms with Crippen LogP contribution in [0.5, 0.6) is 0 Å². The van der Waals surface area contributed by atoms with Crippen molar-refractivity contribution in [2.45, 2.75) is 24.1 Å². The quantitative estimate of drug-likeness (QED) is 0.479. The zero-order valence-corrected chi connectivity index (χ0v) is 7.79. The minimum atomic E-state index is -3.52. The lowest BCUT2D eigenvalue weighted by atomic mass is 10.5. The zero-order valence-electron chi connectivity index (χ0n) is 6.22. The van der Waals surface area contributed by atoms with Crippen LogP contribution in [0.3, 0.4) is 0 Å². The normalized spacial score (nSPS) is 29.1. The number of rotatable bonds is 2. The van der Waals surface area contributed by atoms with Crippen LogP contribution in [0.4, 0.5) is 0 Å². The SMILES string of the molecule is O=S(=O)(Cl)C1C=N[N+](C2CC2)=C1. The molecule has 2 aliphatic rings. The molecule has 1 fully saturated rings. The van der Waals surface area contributed by atoms with Crippen LogP contribution in [0.1, 0.15) is 12.8 Å². The molecule has 0 saturated heterocycles. The Bertz CT molecular complexity index is 356. The highest BCUT2D eigenvalue weighted by atomic mass is 35.7. The summed E-state index contributed by atoms with van der Waals surface area (Å²) in [7, 11) is 1.64. The smallest absolute Gasteiger partial charge is 0.211 e. The number of halogens is 1. The summed E-state index contributed by atoms with van der Waals surface area (Å²) < 4.78 is 23.4. The topological polar surface area (TPSA) is 49.5 Å². The van der Waals surface area contributed by atoms with E-state index in [2.05, 4.69) is 5.10 Å². The van der Waals surface area contributed by atoms with E-state index in [1.165, 1.54) is 6.21 Å². The molecule has 0 aromatic heterocycles. The molecule has 1 atom stereocenters. The summed E-state index contributed by atoms with van der Waals surface area (Å²) in [6.45, 7) is 0. The molecule has 2 rings (SSSR count). The van der Waals surface area contributed by atoms with E-state index >= 15 is 0 Å². The van der Waals surface area contributed by atoms with Gasteiger partial charge in [0.05, 0.1) is 0 Å². The summed E-state index contributed by atoms with van der Waals surface area (Å²) >= 11 is 0. The average Bonchev–Trinajstić information content (AvgIpc) is 2.66. The Balaban J connectivity index is 2.20. The lowest BCUT2D eigenvalue weighted by molar-refractivity contribution is -0.539. The molecular weight excluding hydrogens is 200 g/mol. The van der Waals surface area contributed by atoms with Gasteiger partial charge in [-0.1, -0.05) is 4.68 Å². The van der Waals surface area contributed by atoms with Crippen molar-refractivity contribution in [3.63, 3.8) is 0 Å². The second kappa shape index (κ2) is 2.53. The van der Waals surface area contributed by atoms with Gasteiger partial charge in [-0.25, -0.2) is 8.42 Å². The third kappa shape index (κ3) is 1.51. The molecule has 4 nitrogen and oxygen atoms in total. The fourth-order valence-corrected chi connectivity index (χ4v) is 1.82. The van der Waals surface area contributed by atoms with Gasteiger partial charge in [0.2, 0.25) is 0 Å². The monoisotopic (exact) mass is 207 g/mol. The maximum Gasteiger partial charge on any atom is 0.250 e. The van der Waals surface area contributed by atoms with Crippen LogP contribution in [0, 0.1) is 0 Å². The van der Waals surface area contributed by atoms with Gasteiger partial charge in [0.15, 0.2) is 17.5 Å². The molecular formula is C6H8ClN2O2S+. The Hall–Kier alpha value is -0.420. The lowest BCUT2D eigenvalue weighted by Gasteiger charge is -1.89. The first-order valence-electron chi connectivity index (χ1n) is 3.68. The molecule has 1 heterocycles. The van der Waals surface area contributed by atoms with Crippen LogP contribution in [-0.2, 0) is 9.05 Å². The molecule has 0 N–H and O–H groups in total. The van der Waals surface area contributed by atoms with Crippen LogP contribution in [0.2, 0.25) is 0 Å². The minimum Gasteiger partial charge on any atom is -0.211 e. The summed E-state index contributed by atoms with van der Waals surface area (Å²) in [5.74, 6) is 0. The largest absolute Gasteiger partial charge is 0.250 e. The molecule has 1 aliphatic carbocycles. The molecule has 0 aromatic rings. The highest BCUT2D eigenvalue weighted by molar-refractivity contribution is 8.15. The van der Waals surface area contributed by atoms with Gasteiger partial charge in [-0.3, -0.25) is 0 Å². The number of nitrogens with zero attached hydrogens (tertiary/aromatic N) is 2. The standard InChI is InChI=1S/C6H8ClN2O2S/c7-12(10,11)6-3-8-9(4-6)5-1-2-5/h3-6H,1-2H2/q+1. The first-order valence-corrected chi connectivity index (χ1v) is 6.05. The summed E-state index contributed by atoms with van der Waals surface area (Å²) in [5.41, 5.74) is 0. The third-order valence-corrected chi connectivity index (χ3v) is 3.40. The van der Waals surface area contributed by atoms with Crippen LogP contribution < -0.4 is 0 Å². The maximum absolute atomic E-state index is 10.8. The molecule has 0 radical (unpaired) electrons. The second-order valence-corrected chi connectivity index (χ2v) is 5.75. The van der Waals surface area contributed by atoms with Crippen molar-refractivity contribution in [3.8, 4) is 0 Å².